The molecule has 2 aromatic rings. The van der Waals surface area contributed by atoms with E-state index in [0.717, 1.165) is 10.6 Å². The smallest absolute Gasteiger partial charge is 0.244 e. The topological polar surface area (TPSA) is 96.0 Å². The molecule has 0 spiro atoms. The van der Waals surface area contributed by atoms with E-state index in [1.54, 1.807) is 43.3 Å². The summed E-state index contributed by atoms with van der Waals surface area (Å²) in [7, 11) is -2.39. The Morgan fingerprint density at radius 1 is 1.06 bits per heavy atom. The Kier molecular flexibility index (Phi) is 10.9. The van der Waals surface area contributed by atoms with Crippen LogP contribution in [0.15, 0.2) is 42.5 Å². The Labute approximate surface area is 223 Å². The Morgan fingerprint density at radius 3 is 2.19 bits per heavy atom. The molecule has 11 heteroatoms. The van der Waals surface area contributed by atoms with Crippen molar-refractivity contribution in [1.82, 2.24) is 10.2 Å². The zero-order chi connectivity index (χ0) is 27.0. The lowest BCUT2D eigenvalue weighted by atomic mass is 10.1. The SMILES string of the molecule is CCC(C)NC(=O)C(CC)N(Cc1c(Cl)cccc1Cl)C(=O)CN(c1cccc(OC)c1)S(C)(=O)=O. The number of nitrogens with one attached hydrogen (secondary N) is 1. The van der Waals surface area contributed by atoms with Gasteiger partial charge in [-0.2, -0.15) is 0 Å². The van der Waals surface area contributed by atoms with Crippen molar-refractivity contribution in [3.05, 3.63) is 58.1 Å². The van der Waals surface area contributed by atoms with Gasteiger partial charge < -0.3 is 15.0 Å². The number of hydrogen-bond acceptors (Lipinski definition) is 5. The second kappa shape index (κ2) is 13.2. The second-order valence-corrected chi connectivity index (χ2v) is 11.2. The highest BCUT2D eigenvalue weighted by Crippen LogP contribution is 2.28. The number of nitrogens with zero attached hydrogens (tertiary/aromatic N) is 2. The highest BCUT2D eigenvalue weighted by atomic mass is 35.5. The van der Waals surface area contributed by atoms with E-state index in [9.17, 15) is 18.0 Å². The summed E-state index contributed by atoms with van der Waals surface area (Å²) in [6.07, 6.45) is 2.03. The number of ether oxygens (including phenoxy) is 1. The highest BCUT2D eigenvalue weighted by Gasteiger charge is 2.33. The van der Waals surface area contributed by atoms with Gasteiger partial charge in [-0.1, -0.05) is 49.2 Å². The van der Waals surface area contributed by atoms with E-state index in [0.29, 0.717) is 34.2 Å². The number of anilines is 1. The van der Waals surface area contributed by atoms with Gasteiger partial charge in [-0.3, -0.25) is 13.9 Å². The number of carbonyl (C=O) groups excluding carboxylic acids is 2. The third-order valence-corrected chi connectivity index (χ3v) is 7.65. The fraction of sp³-hybridized carbons (Fsp3) is 0.440. The summed E-state index contributed by atoms with van der Waals surface area (Å²) in [5.74, 6) is -0.478. The summed E-state index contributed by atoms with van der Waals surface area (Å²) in [5, 5.41) is 3.59. The van der Waals surface area contributed by atoms with Crippen molar-refractivity contribution in [3.8, 4) is 5.75 Å². The molecule has 2 unspecified atom stereocenters. The lowest BCUT2D eigenvalue weighted by Crippen LogP contribution is -2.53. The monoisotopic (exact) mass is 557 g/mol. The molecule has 0 saturated heterocycles. The van der Waals surface area contributed by atoms with Gasteiger partial charge >= 0.3 is 0 Å². The van der Waals surface area contributed by atoms with E-state index < -0.39 is 28.5 Å². The maximum Gasteiger partial charge on any atom is 0.244 e. The molecular weight excluding hydrogens is 525 g/mol. The molecule has 2 aromatic carbocycles. The molecule has 0 radical (unpaired) electrons. The van der Waals surface area contributed by atoms with Gasteiger partial charge in [0.1, 0.15) is 18.3 Å². The number of halogens is 2. The first-order valence-electron chi connectivity index (χ1n) is 11.6. The van der Waals surface area contributed by atoms with Crippen molar-refractivity contribution in [3.63, 3.8) is 0 Å². The van der Waals surface area contributed by atoms with E-state index in [2.05, 4.69) is 5.32 Å². The van der Waals surface area contributed by atoms with Gasteiger partial charge in [0.25, 0.3) is 0 Å². The summed E-state index contributed by atoms with van der Waals surface area (Å²) < 4.78 is 31.6. The third-order valence-electron chi connectivity index (χ3n) is 5.80. The fourth-order valence-corrected chi connectivity index (χ4v) is 4.95. The van der Waals surface area contributed by atoms with Crippen LogP contribution in [0.25, 0.3) is 0 Å². The van der Waals surface area contributed by atoms with Gasteiger partial charge in [0, 0.05) is 34.3 Å². The fourth-order valence-electron chi connectivity index (χ4n) is 3.59. The molecule has 0 aliphatic carbocycles. The van der Waals surface area contributed by atoms with Crippen LogP contribution in [0.3, 0.4) is 0 Å². The predicted octanol–water partition coefficient (Wildman–Crippen LogP) is 4.49. The number of rotatable bonds is 12. The minimum atomic E-state index is -3.86. The molecule has 0 saturated carbocycles. The average Bonchev–Trinajstić information content (AvgIpc) is 2.83. The molecule has 2 atom stereocenters. The van der Waals surface area contributed by atoms with Crippen molar-refractivity contribution in [2.24, 2.45) is 0 Å². The Hall–Kier alpha value is -2.49. The van der Waals surface area contributed by atoms with Crippen LogP contribution in [0.5, 0.6) is 5.75 Å². The third kappa shape index (κ3) is 7.75. The molecule has 0 aromatic heterocycles. The zero-order valence-corrected chi connectivity index (χ0v) is 23.5. The van der Waals surface area contributed by atoms with Crippen molar-refractivity contribution in [2.75, 3.05) is 24.2 Å². The highest BCUT2D eigenvalue weighted by molar-refractivity contribution is 7.92. The summed E-state index contributed by atoms with van der Waals surface area (Å²) in [6.45, 7) is 5.00. The quantitative estimate of drug-likeness (QED) is 0.414. The Bertz CT molecular complexity index is 1160. The molecular formula is C25H33Cl2N3O5S. The number of sulfonamides is 1. The molecule has 2 amide bonds. The van der Waals surface area contributed by atoms with Crippen LogP contribution in [0.4, 0.5) is 5.69 Å². The second-order valence-electron chi connectivity index (χ2n) is 8.43. The molecule has 0 bridgehead atoms. The zero-order valence-electron chi connectivity index (χ0n) is 21.1. The number of hydrogen-bond donors (Lipinski definition) is 1. The van der Waals surface area contributed by atoms with E-state index in [4.69, 9.17) is 27.9 Å². The molecule has 1 N–H and O–H groups in total. The van der Waals surface area contributed by atoms with Crippen molar-refractivity contribution >= 4 is 50.7 Å². The molecule has 0 heterocycles. The minimum Gasteiger partial charge on any atom is -0.497 e. The molecule has 0 aliphatic heterocycles. The van der Waals surface area contributed by atoms with Crippen LogP contribution in [0, 0.1) is 0 Å². The maximum absolute atomic E-state index is 13.7. The van der Waals surface area contributed by atoms with Crippen molar-refractivity contribution < 1.29 is 22.7 Å². The molecule has 8 nitrogen and oxygen atoms in total. The molecule has 36 heavy (non-hydrogen) atoms. The Morgan fingerprint density at radius 2 is 1.67 bits per heavy atom. The van der Waals surface area contributed by atoms with E-state index >= 15 is 0 Å². The van der Waals surface area contributed by atoms with Crippen LogP contribution in [0.2, 0.25) is 10.0 Å². The van der Waals surface area contributed by atoms with Crippen molar-refractivity contribution in [1.29, 1.82) is 0 Å². The van der Waals surface area contributed by atoms with Gasteiger partial charge in [0.05, 0.1) is 19.1 Å². The van der Waals surface area contributed by atoms with Crippen LogP contribution >= 0.6 is 23.2 Å². The number of benzene rings is 2. The molecule has 0 fully saturated rings. The first-order valence-corrected chi connectivity index (χ1v) is 14.2. The van der Waals surface area contributed by atoms with E-state index in [1.165, 1.54) is 18.1 Å². The van der Waals surface area contributed by atoms with E-state index in [-0.39, 0.29) is 24.2 Å². The van der Waals surface area contributed by atoms with E-state index in [1.807, 2.05) is 13.8 Å². The van der Waals surface area contributed by atoms with Gasteiger partial charge in [0.2, 0.25) is 21.8 Å². The van der Waals surface area contributed by atoms with Crippen molar-refractivity contribution in [2.45, 2.75) is 52.2 Å². The van der Waals surface area contributed by atoms with Crippen LogP contribution in [-0.4, -0.2) is 57.1 Å². The Balaban J connectivity index is 2.51. The van der Waals surface area contributed by atoms with Crippen LogP contribution in [-0.2, 0) is 26.2 Å². The number of amides is 2. The van der Waals surface area contributed by atoms with Gasteiger partial charge in [-0.25, -0.2) is 8.42 Å². The largest absolute Gasteiger partial charge is 0.497 e. The van der Waals surface area contributed by atoms with Crippen LogP contribution < -0.4 is 14.4 Å². The van der Waals surface area contributed by atoms with Gasteiger partial charge in [-0.15, -0.1) is 0 Å². The standard InChI is InChI=1S/C25H33Cl2N3O5S/c1-6-17(3)28-25(32)23(7-2)29(15-20-21(26)12-9-13-22(20)27)24(31)16-30(36(5,33)34)18-10-8-11-19(14-18)35-4/h8-14,17,23H,6-7,15-16H2,1-5H3,(H,28,32). The minimum absolute atomic E-state index is 0.0700. The summed E-state index contributed by atoms with van der Waals surface area (Å²) >= 11 is 12.8. The number of carbonyl (C=O) groups is 2. The summed E-state index contributed by atoms with van der Waals surface area (Å²) in [4.78, 5) is 28.2. The predicted molar refractivity (Wildman–Crippen MR) is 144 cm³/mol. The molecule has 0 aliphatic rings. The normalized spacial score (nSPS) is 13.0. The van der Waals surface area contributed by atoms with Gasteiger partial charge in [0.15, 0.2) is 0 Å². The first kappa shape index (κ1) is 29.7. The lowest BCUT2D eigenvalue weighted by Gasteiger charge is -2.33. The number of methoxy groups -OCH3 is 1. The molecule has 2 rings (SSSR count). The average molecular weight is 559 g/mol. The summed E-state index contributed by atoms with van der Waals surface area (Å²) in [5.41, 5.74) is 0.731. The molecule has 198 valence electrons. The summed E-state index contributed by atoms with van der Waals surface area (Å²) in [6, 6.07) is 10.4. The first-order chi connectivity index (χ1) is 16.9. The van der Waals surface area contributed by atoms with Crippen LogP contribution in [0.1, 0.15) is 39.2 Å². The lowest BCUT2D eigenvalue weighted by molar-refractivity contribution is -0.140. The maximum atomic E-state index is 13.7. The van der Waals surface area contributed by atoms with Gasteiger partial charge in [-0.05, 0) is 44.0 Å².